The molecule has 0 fully saturated rings. The van der Waals surface area contributed by atoms with E-state index in [2.05, 4.69) is 9.89 Å². The van der Waals surface area contributed by atoms with Crippen LogP contribution in [0.25, 0.3) is 0 Å². The summed E-state index contributed by atoms with van der Waals surface area (Å²) in [4.78, 5) is 28.7. The number of carbonyl (C=O) groups is 2. The average molecular weight is 311 g/mol. The van der Waals surface area contributed by atoms with Gasteiger partial charge in [0.1, 0.15) is 0 Å². The number of hydrogen-bond acceptors (Lipinski definition) is 5. The first-order valence-corrected chi connectivity index (χ1v) is 7.03. The van der Waals surface area contributed by atoms with Crippen molar-refractivity contribution in [3.63, 3.8) is 0 Å². The van der Waals surface area contributed by atoms with E-state index in [1.165, 1.54) is 6.07 Å². The zero-order chi connectivity index (χ0) is 16.8. The summed E-state index contributed by atoms with van der Waals surface area (Å²) >= 11 is 0. The van der Waals surface area contributed by atoms with E-state index in [0.29, 0.717) is 5.71 Å². The molecule has 0 N–H and O–H groups in total. The highest BCUT2D eigenvalue weighted by molar-refractivity contribution is 6.41. The van der Waals surface area contributed by atoms with Crippen LogP contribution < -0.4 is 4.84 Å². The predicted octanol–water partition coefficient (Wildman–Crippen LogP) is 3.15. The molecule has 0 heterocycles. The number of methoxy groups -OCH3 is 1. The summed E-state index contributed by atoms with van der Waals surface area (Å²) in [5.41, 5.74) is 2.80. The Labute approximate surface area is 134 Å². The first-order chi connectivity index (χ1) is 11.0. The second-order valence-electron chi connectivity index (χ2n) is 4.95. The molecule has 2 aromatic rings. The third-order valence-corrected chi connectivity index (χ3v) is 3.22. The molecule has 0 amide bonds. The topological polar surface area (TPSA) is 65.0 Å². The van der Waals surface area contributed by atoms with Crippen LogP contribution in [-0.4, -0.2) is 24.6 Å². The van der Waals surface area contributed by atoms with Crippen LogP contribution in [0.15, 0.2) is 53.7 Å². The Morgan fingerprint density at radius 2 is 1.78 bits per heavy atom. The fourth-order valence-corrected chi connectivity index (χ4v) is 1.98. The summed E-state index contributed by atoms with van der Waals surface area (Å²) in [6.07, 6.45) is 0. The predicted molar refractivity (Wildman–Crippen MR) is 86.8 cm³/mol. The highest BCUT2D eigenvalue weighted by Crippen LogP contribution is 2.19. The second kappa shape index (κ2) is 7.35. The number of carbonyl (C=O) groups excluding carboxylic acids is 2. The van der Waals surface area contributed by atoms with Gasteiger partial charge in [0.15, 0.2) is 5.75 Å². The molecule has 5 heteroatoms. The first-order valence-electron chi connectivity index (χ1n) is 7.03. The summed E-state index contributed by atoms with van der Waals surface area (Å²) in [6.45, 7) is 3.79. The summed E-state index contributed by atoms with van der Waals surface area (Å²) < 4.78 is 4.45. The van der Waals surface area contributed by atoms with Crippen molar-refractivity contribution in [1.82, 2.24) is 0 Å². The van der Waals surface area contributed by atoms with Crippen molar-refractivity contribution in [2.45, 2.75) is 13.8 Å². The molecule has 0 bridgehead atoms. The monoisotopic (exact) mass is 311 g/mol. The molecule has 0 radical (unpaired) electrons. The van der Waals surface area contributed by atoms with Gasteiger partial charge in [-0.05, 0) is 31.5 Å². The fraction of sp³-hybridized carbons (Fsp3) is 0.167. The van der Waals surface area contributed by atoms with Gasteiger partial charge in [0.05, 0.1) is 18.4 Å². The summed E-state index contributed by atoms with van der Waals surface area (Å²) in [6, 6.07) is 14.2. The van der Waals surface area contributed by atoms with Crippen LogP contribution in [0.4, 0.5) is 0 Å². The van der Waals surface area contributed by atoms with Crippen LogP contribution >= 0.6 is 0 Å². The molecular formula is C18H17NO4. The molecule has 23 heavy (non-hydrogen) atoms. The van der Waals surface area contributed by atoms with Gasteiger partial charge >= 0.3 is 5.97 Å². The number of nitrogens with zero attached hydrogens (tertiary/aromatic N) is 1. The Hall–Kier alpha value is -2.95. The molecule has 0 aliphatic rings. The van der Waals surface area contributed by atoms with E-state index in [0.717, 1.165) is 18.2 Å². The SMILES string of the molecule is COC(=O)C(=O)c1ccccc1O/N=C(\C)c1cccc(C)c1. The number of hydrogen-bond donors (Lipinski definition) is 0. The van der Waals surface area contributed by atoms with Crippen LogP contribution in [0.3, 0.4) is 0 Å². The minimum atomic E-state index is -0.944. The number of ketones is 1. The van der Waals surface area contributed by atoms with Crippen molar-refractivity contribution in [1.29, 1.82) is 0 Å². The van der Waals surface area contributed by atoms with Gasteiger partial charge in [0.25, 0.3) is 5.78 Å². The molecular weight excluding hydrogens is 294 g/mol. The van der Waals surface area contributed by atoms with Crippen molar-refractivity contribution in [2.24, 2.45) is 5.16 Å². The van der Waals surface area contributed by atoms with Gasteiger partial charge in [-0.3, -0.25) is 4.79 Å². The van der Waals surface area contributed by atoms with Gasteiger partial charge in [-0.2, -0.15) is 0 Å². The molecule has 0 aromatic heterocycles. The molecule has 0 aliphatic heterocycles. The third kappa shape index (κ3) is 4.03. The summed E-state index contributed by atoms with van der Waals surface area (Å²) in [5, 5.41) is 4.05. The number of Topliss-reactive ketones (excluding diaryl/α,β-unsaturated/α-hetero) is 1. The number of para-hydroxylation sites is 1. The van der Waals surface area contributed by atoms with E-state index >= 15 is 0 Å². The molecule has 0 aliphatic carbocycles. The molecule has 2 aromatic carbocycles. The van der Waals surface area contributed by atoms with E-state index in [1.54, 1.807) is 25.1 Å². The van der Waals surface area contributed by atoms with Crippen molar-refractivity contribution < 1.29 is 19.2 Å². The van der Waals surface area contributed by atoms with E-state index in [-0.39, 0.29) is 11.3 Å². The lowest BCUT2D eigenvalue weighted by atomic mass is 10.1. The average Bonchev–Trinajstić information content (AvgIpc) is 2.58. The lowest BCUT2D eigenvalue weighted by Gasteiger charge is -2.06. The van der Waals surface area contributed by atoms with Crippen LogP contribution in [0.5, 0.6) is 5.75 Å². The number of oxime groups is 1. The third-order valence-electron chi connectivity index (χ3n) is 3.22. The molecule has 0 atom stereocenters. The molecule has 0 unspecified atom stereocenters. The van der Waals surface area contributed by atoms with Gasteiger partial charge in [0.2, 0.25) is 0 Å². The second-order valence-corrected chi connectivity index (χ2v) is 4.95. The Morgan fingerprint density at radius 1 is 1.04 bits per heavy atom. The normalized spacial score (nSPS) is 11.0. The van der Waals surface area contributed by atoms with Gasteiger partial charge < -0.3 is 9.57 Å². The van der Waals surface area contributed by atoms with Gasteiger partial charge in [-0.25, -0.2) is 4.79 Å². The van der Waals surface area contributed by atoms with Crippen LogP contribution in [-0.2, 0) is 9.53 Å². The maximum atomic E-state index is 12.0. The van der Waals surface area contributed by atoms with Crippen LogP contribution in [0.2, 0.25) is 0 Å². The first kappa shape index (κ1) is 16.4. The molecule has 2 rings (SSSR count). The van der Waals surface area contributed by atoms with Crippen molar-refractivity contribution in [3.05, 3.63) is 65.2 Å². The van der Waals surface area contributed by atoms with Gasteiger partial charge in [-0.15, -0.1) is 0 Å². The Kier molecular flexibility index (Phi) is 5.25. The lowest BCUT2D eigenvalue weighted by molar-refractivity contribution is -0.135. The van der Waals surface area contributed by atoms with Crippen molar-refractivity contribution in [2.75, 3.05) is 7.11 Å². The maximum absolute atomic E-state index is 12.0. The number of rotatable bonds is 5. The van der Waals surface area contributed by atoms with E-state index in [4.69, 9.17) is 4.84 Å². The highest BCUT2D eigenvalue weighted by atomic mass is 16.6. The van der Waals surface area contributed by atoms with E-state index < -0.39 is 11.8 Å². The lowest BCUT2D eigenvalue weighted by Crippen LogP contribution is -2.16. The van der Waals surface area contributed by atoms with E-state index in [9.17, 15) is 9.59 Å². The van der Waals surface area contributed by atoms with Crippen LogP contribution in [0, 0.1) is 6.92 Å². The molecule has 118 valence electrons. The largest absolute Gasteiger partial charge is 0.463 e. The van der Waals surface area contributed by atoms with Crippen LogP contribution in [0.1, 0.15) is 28.4 Å². The Morgan fingerprint density at radius 3 is 2.48 bits per heavy atom. The van der Waals surface area contributed by atoms with Crippen molar-refractivity contribution >= 4 is 17.5 Å². The number of esters is 1. The zero-order valence-corrected chi connectivity index (χ0v) is 13.2. The summed E-state index contributed by atoms with van der Waals surface area (Å²) in [5.74, 6) is -1.51. The molecule has 0 saturated carbocycles. The number of ether oxygens (including phenoxy) is 1. The molecule has 5 nitrogen and oxygen atoms in total. The minimum absolute atomic E-state index is 0.111. The highest BCUT2D eigenvalue weighted by Gasteiger charge is 2.21. The Balaban J connectivity index is 2.25. The van der Waals surface area contributed by atoms with E-state index in [1.807, 2.05) is 31.2 Å². The zero-order valence-electron chi connectivity index (χ0n) is 13.2. The van der Waals surface area contributed by atoms with Gasteiger partial charge in [0, 0.05) is 0 Å². The Bertz CT molecular complexity index is 765. The maximum Gasteiger partial charge on any atom is 0.379 e. The molecule has 0 spiro atoms. The van der Waals surface area contributed by atoms with Crippen molar-refractivity contribution in [3.8, 4) is 5.75 Å². The summed E-state index contributed by atoms with van der Waals surface area (Å²) in [7, 11) is 1.16. The van der Waals surface area contributed by atoms with Gasteiger partial charge in [-0.1, -0.05) is 47.1 Å². The standard InChI is InChI=1S/C18H17NO4/c1-12-7-6-8-14(11-12)13(2)19-23-16-10-5-4-9-15(16)17(20)18(21)22-3/h4-11H,1-3H3/b19-13+. The molecule has 0 saturated heterocycles. The quantitative estimate of drug-likeness (QED) is 0.280. The number of aryl methyl sites for hydroxylation is 1. The fourth-order valence-electron chi connectivity index (χ4n) is 1.98. The number of benzene rings is 2. The minimum Gasteiger partial charge on any atom is -0.463 e. The smallest absolute Gasteiger partial charge is 0.379 e.